The maximum atomic E-state index is 11.4. The van der Waals surface area contributed by atoms with Gasteiger partial charge in [-0.3, -0.25) is 0 Å². The first kappa shape index (κ1) is 12.8. The molecular weight excluding hydrogens is 200 g/mol. The van der Waals surface area contributed by atoms with Crippen LogP contribution in [-0.4, -0.2) is 5.97 Å². The molecular formula is C14H20O2. The molecule has 0 N–H and O–H groups in total. The summed E-state index contributed by atoms with van der Waals surface area (Å²) < 4.78 is 5.25. The van der Waals surface area contributed by atoms with Crippen molar-refractivity contribution in [2.45, 2.75) is 40.2 Å². The highest BCUT2D eigenvalue weighted by Gasteiger charge is 2.32. The van der Waals surface area contributed by atoms with Gasteiger partial charge in [-0.15, -0.1) is 0 Å². The van der Waals surface area contributed by atoms with E-state index >= 15 is 0 Å². The van der Waals surface area contributed by atoms with Crippen LogP contribution in [0.3, 0.4) is 0 Å². The fourth-order valence-electron chi connectivity index (χ4n) is 1.67. The van der Waals surface area contributed by atoms with Crippen molar-refractivity contribution in [1.82, 2.24) is 0 Å². The molecule has 1 aliphatic rings. The Bertz CT molecular complexity index is 356. The molecule has 1 aliphatic heterocycles. The maximum Gasteiger partial charge on any atom is 0.339 e. The third kappa shape index (κ3) is 2.63. The summed E-state index contributed by atoms with van der Waals surface area (Å²) in [5.74, 6) is 0.155. The van der Waals surface area contributed by atoms with Gasteiger partial charge >= 0.3 is 5.97 Å². The number of esters is 1. The average molecular weight is 220 g/mol. The molecule has 1 heterocycles. The van der Waals surface area contributed by atoms with Crippen LogP contribution in [-0.2, 0) is 4.74 Å². The van der Waals surface area contributed by atoms with Gasteiger partial charge < -0.3 is 4.74 Å². The molecule has 1 aromatic rings. The van der Waals surface area contributed by atoms with Crippen molar-refractivity contribution < 1.29 is 9.53 Å². The molecule has 1 atom stereocenters. The quantitative estimate of drug-likeness (QED) is 0.669. The van der Waals surface area contributed by atoms with Crippen molar-refractivity contribution >= 4 is 5.97 Å². The summed E-state index contributed by atoms with van der Waals surface area (Å²) >= 11 is 0. The molecule has 2 rings (SSSR count). The molecule has 0 fully saturated rings. The normalized spacial score (nSPS) is 17.6. The minimum atomic E-state index is -0.186. The predicted molar refractivity (Wildman–Crippen MR) is 65.4 cm³/mol. The molecule has 16 heavy (non-hydrogen) atoms. The molecule has 1 unspecified atom stereocenters. The molecule has 0 bridgehead atoms. The van der Waals surface area contributed by atoms with E-state index in [0.717, 1.165) is 11.1 Å². The van der Waals surface area contributed by atoms with Crippen LogP contribution in [0.2, 0.25) is 0 Å². The highest BCUT2D eigenvalue weighted by molar-refractivity contribution is 5.93. The van der Waals surface area contributed by atoms with Gasteiger partial charge in [-0.25, -0.2) is 4.79 Å². The van der Waals surface area contributed by atoms with Crippen molar-refractivity contribution in [2.24, 2.45) is 5.92 Å². The molecule has 0 aliphatic carbocycles. The molecule has 0 saturated heterocycles. The van der Waals surface area contributed by atoms with Gasteiger partial charge in [0.15, 0.2) is 0 Å². The summed E-state index contributed by atoms with van der Waals surface area (Å²) in [6, 6.07) is 7.59. The summed E-state index contributed by atoms with van der Waals surface area (Å²) in [6.07, 6.45) is 1.20. The van der Waals surface area contributed by atoms with Gasteiger partial charge in [0, 0.05) is 5.56 Å². The average Bonchev–Trinajstić information content (AvgIpc) is 2.58. The highest BCUT2D eigenvalue weighted by Crippen LogP contribution is 2.35. The molecule has 88 valence electrons. The summed E-state index contributed by atoms with van der Waals surface area (Å²) in [7, 11) is 0. The first-order valence-electron chi connectivity index (χ1n) is 5.91. The Labute approximate surface area is 97.6 Å². The molecule has 2 nitrogen and oxygen atoms in total. The number of ether oxygens (including phenoxy) is 1. The number of hydrogen-bond acceptors (Lipinski definition) is 2. The third-order valence-corrected chi connectivity index (χ3v) is 2.33. The van der Waals surface area contributed by atoms with E-state index in [9.17, 15) is 4.79 Å². The molecule has 0 spiro atoms. The number of cyclic esters (lactones) is 1. The van der Waals surface area contributed by atoms with Crippen molar-refractivity contribution in [2.75, 3.05) is 0 Å². The number of carbonyl (C=O) groups is 1. The van der Waals surface area contributed by atoms with Gasteiger partial charge in [-0.05, 0) is 12.0 Å². The van der Waals surface area contributed by atoms with Crippen LogP contribution in [0.1, 0.15) is 56.1 Å². The monoisotopic (exact) mass is 220 g/mol. The van der Waals surface area contributed by atoms with E-state index in [-0.39, 0.29) is 12.1 Å². The van der Waals surface area contributed by atoms with Crippen LogP contribution < -0.4 is 0 Å². The largest absolute Gasteiger partial charge is 0.454 e. The van der Waals surface area contributed by atoms with E-state index < -0.39 is 0 Å². The number of hydrogen-bond donors (Lipinski definition) is 0. The highest BCUT2D eigenvalue weighted by atomic mass is 16.5. The standard InChI is InChI=1S/C11H12O2.C3H8/c1-7(2)10-8-5-3-4-6-9(8)11(12)13-10;1-3-2/h3-7,10H,1-2H3;3H2,1-2H3. The minimum Gasteiger partial charge on any atom is -0.454 e. The van der Waals surface area contributed by atoms with Crippen molar-refractivity contribution in [3.63, 3.8) is 0 Å². The van der Waals surface area contributed by atoms with E-state index in [1.165, 1.54) is 6.42 Å². The zero-order valence-corrected chi connectivity index (χ0v) is 10.5. The summed E-state index contributed by atoms with van der Waals surface area (Å²) in [4.78, 5) is 11.4. The second-order valence-corrected chi connectivity index (χ2v) is 4.36. The van der Waals surface area contributed by atoms with Crippen LogP contribution in [0.25, 0.3) is 0 Å². The molecule has 0 amide bonds. The molecule has 2 heteroatoms. The van der Waals surface area contributed by atoms with E-state index in [2.05, 4.69) is 27.7 Å². The number of fused-ring (bicyclic) bond motifs is 1. The Morgan fingerprint density at radius 3 is 2.38 bits per heavy atom. The maximum absolute atomic E-state index is 11.4. The van der Waals surface area contributed by atoms with Gasteiger partial charge in [0.2, 0.25) is 0 Å². The van der Waals surface area contributed by atoms with Crippen molar-refractivity contribution in [1.29, 1.82) is 0 Å². The topological polar surface area (TPSA) is 26.3 Å². The van der Waals surface area contributed by atoms with Crippen LogP contribution in [0, 0.1) is 5.92 Å². The Hall–Kier alpha value is -1.31. The lowest BCUT2D eigenvalue weighted by Crippen LogP contribution is -2.05. The SMILES string of the molecule is CC(C)C1OC(=O)c2ccccc21.CCC. The lowest BCUT2D eigenvalue weighted by molar-refractivity contribution is 0.0280. The first-order valence-corrected chi connectivity index (χ1v) is 5.91. The van der Waals surface area contributed by atoms with Crippen molar-refractivity contribution in [3.8, 4) is 0 Å². The van der Waals surface area contributed by atoms with Gasteiger partial charge in [0.25, 0.3) is 0 Å². The van der Waals surface area contributed by atoms with Gasteiger partial charge in [0.05, 0.1) is 5.56 Å². The zero-order valence-electron chi connectivity index (χ0n) is 10.5. The number of carbonyl (C=O) groups excluding carboxylic acids is 1. The lowest BCUT2D eigenvalue weighted by Gasteiger charge is -2.13. The van der Waals surface area contributed by atoms with E-state index in [1.54, 1.807) is 0 Å². The van der Waals surface area contributed by atoms with Crippen LogP contribution >= 0.6 is 0 Å². The Morgan fingerprint density at radius 2 is 1.81 bits per heavy atom. The van der Waals surface area contributed by atoms with Crippen LogP contribution in [0.15, 0.2) is 24.3 Å². The number of rotatable bonds is 1. The van der Waals surface area contributed by atoms with Crippen molar-refractivity contribution in [3.05, 3.63) is 35.4 Å². The molecule has 1 aromatic carbocycles. The minimum absolute atomic E-state index is 0.0521. The Morgan fingerprint density at radius 1 is 1.25 bits per heavy atom. The fraction of sp³-hybridized carbons (Fsp3) is 0.500. The summed E-state index contributed by atoms with van der Waals surface area (Å²) in [5, 5.41) is 0. The van der Waals surface area contributed by atoms with E-state index in [1.807, 2.05) is 24.3 Å². The molecule has 0 aromatic heterocycles. The fourth-order valence-corrected chi connectivity index (χ4v) is 1.67. The van der Waals surface area contributed by atoms with Gasteiger partial charge in [0.1, 0.15) is 6.10 Å². The second kappa shape index (κ2) is 5.69. The molecule has 0 saturated carbocycles. The number of benzene rings is 1. The third-order valence-electron chi connectivity index (χ3n) is 2.33. The van der Waals surface area contributed by atoms with Gasteiger partial charge in [-0.1, -0.05) is 52.3 Å². The van der Waals surface area contributed by atoms with Crippen LogP contribution in [0.5, 0.6) is 0 Å². The van der Waals surface area contributed by atoms with Crippen LogP contribution in [0.4, 0.5) is 0 Å². The smallest absolute Gasteiger partial charge is 0.339 e. The molecule has 0 radical (unpaired) electrons. The predicted octanol–water partition coefficient (Wildman–Crippen LogP) is 3.97. The lowest BCUT2D eigenvalue weighted by atomic mass is 9.97. The Balaban J connectivity index is 0.000000386. The first-order chi connectivity index (χ1) is 7.61. The second-order valence-electron chi connectivity index (χ2n) is 4.36. The van der Waals surface area contributed by atoms with E-state index in [4.69, 9.17) is 4.74 Å². The van der Waals surface area contributed by atoms with Gasteiger partial charge in [-0.2, -0.15) is 0 Å². The zero-order chi connectivity index (χ0) is 12.1. The summed E-state index contributed by atoms with van der Waals surface area (Å²) in [5.41, 5.74) is 1.75. The Kier molecular flexibility index (Phi) is 4.53. The van der Waals surface area contributed by atoms with E-state index in [0.29, 0.717) is 5.92 Å². The summed E-state index contributed by atoms with van der Waals surface area (Å²) in [6.45, 7) is 8.36.